The fraction of sp³-hybridized carbons (Fsp3) is 0.273. The molecule has 1 N–H and O–H groups in total. The molecule has 4 rings (SSSR count). The third kappa shape index (κ3) is 4.81. The summed E-state index contributed by atoms with van der Waals surface area (Å²) in [4.78, 5) is 21.2. The average molecular weight is 394 g/mol. The number of aryl methyl sites for hydroxylation is 1. The average Bonchev–Trinajstić information content (AvgIpc) is 3.20. The molecule has 2 aromatic carbocycles. The van der Waals surface area contributed by atoms with Crippen LogP contribution in [0.4, 0.5) is 15.8 Å². The van der Waals surface area contributed by atoms with Gasteiger partial charge in [0.25, 0.3) is 5.91 Å². The van der Waals surface area contributed by atoms with Gasteiger partial charge in [-0.2, -0.15) is 0 Å². The van der Waals surface area contributed by atoms with E-state index in [0.29, 0.717) is 18.1 Å². The maximum atomic E-state index is 13.0. The summed E-state index contributed by atoms with van der Waals surface area (Å²) in [6.07, 6.45) is 1.36. The number of amides is 1. The summed E-state index contributed by atoms with van der Waals surface area (Å²) in [7, 11) is 0. The highest BCUT2D eigenvalue weighted by Gasteiger charge is 2.20. The number of benzene rings is 2. The highest BCUT2D eigenvalue weighted by Crippen LogP contribution is 2.18. The molecule has 0 spiro atoms. The van der Waals surface area contributed by atoms with E-state index >= 15 is 0 Å². The van der Waals surface area contributed by atoms with E-state index in [1.54, 1.807) is 0 Å². The Hall–Kier alpha value is -3.19. The Morgan fingerprint density at radius 3 is 2.45 bits per heavy atom. The summed E-state index contributed by atoms with van der Waals surface area (Å²) in [5.41, 5.74) is 3.22. The van der Waals surface area contributed by atoms with Crippen molar-refractivity contribution >= 4 is 17.3 Å². The Kier molecular flexibility index (Phi) is 5.57. The van der Waals surface area contributed by atoms with Crippen LogP contribution in [0.3, 0.4) is 0 Å². The van der Waals surface area contributed by atoms with Crippen molar-refractivity contribution in [3.05, 3.63) is 77.8 Å². The van der Waals surface area contributed by atoms with Crippen molar-refractivity contribution in [2.45, 2.75) is 13.5 Å². The van der Waals surface area contributed by atoms with Gasteiger partial charge in [-0.25, -0.2) is 9.37 Å². The van der Waals surface area contributed by atoms with Crippen LogP contribution in [0.25, 0.3) is 0 Å². The van der Waals surface area contributed by atoms with Crippen LogP contribution in [0.1, 0.15) is 21.9 Å². The van der Waals surface area contributed by atoms with Crippen LogP contribution in [0.5, 0.6) is 0 Å². The van der Waals surface area contributed by atoms with E-state index in [0.717, 1.165) is 26.2 Å². The number of piperazine rings is 1. The third-order valence-corrected chi connectivity index (χ3v) is 5.02. The van der Waals surface area contributed by atoms with Gasteiger partial charge < -0.3 is 14.6 Å². The summed E-state index contributed by atoms with van der Waals surface area (Å²) in [6, 6.07) is 14.2. The number of anilines is 2. The molecule has 2 heterocycles. The lowest BCUT2D eigenvalue weighted by Crippen LogP contribution is -2.46. The SMILES string of the molecule is Cc1ccc(N2CCN(Cc3nc(C(=O)Nc4ccc(F)cc4)co3)CC2)cc1. The van der Waals surface area contributed by atoms with E-state index in [4.69, 9.17) is 4.42 Å². The zero-order chi connectivity index (χ0) is 20.2. The summed E-state index contributed by atoms with van der Waals surface area (Å²) in [5.74, 6) is -0.219. The molecule has 7 heteroatoms. The van der Waals surface area contributed by atoms with E-state index in [2.05, 4.69) is 51.3 Å². The number of rotatable bonds is 5. The summed E-state index contributed by atoms with van der Waals surface area (Å²) in [5, 5.41) is 2.68. The van der Waals surface area contributed by atoms with E-state index in [-0.39, 0.29) is 17.4 Å². The van der Waals surface area contributed by atoms with Crippen LogP contribution in [0, 0.1) is 12.7 Å². The summed E-state index contributed by atoms with van der Waals surface area (Å²) in [6.45, 7) is 6.31. The molecule has 0 saturated carbocycles. The van der Waals surface area contributed by atoms with Gasteiger partial charge in [0.05, 0.1) is 6.54 Å². The number of carbonyl (C=O) groups excluding carboxylic acids is 1. The molecule has 150 valence electrons. The van der Waals surface area contributed by atoms with Crippen molar-refractivity contribution in [3.63, 3.8) is 0 Å². The lowest BCUT2D eigenvalue weighted by molar-refractivity contribution is 0.102. The molecule has 3 aromatic rings. The van der Waals surface area contributed by atoms with Gasteiger partial charge in [0, 0.05) is 37.6 Å². The number of halogens is 1. The molecule has 1 fully saturated rings. The first-order valence-electron chi connectivity index (χ1n) is 9.62. The second kappa shape index (κ2) is 8.45. The summed E-state index contributed by atoms with van der Waals surface area (Å²) < 4.78 is 18.4. The van der Waals surface area contributed by atoms with Gasteiger partial charge in [0.1, 0.15) is 12.1 Å². The van der Waals surface area contributed by atoms with Gasteiger partial charge in [-0.05, 0) is 43.3 Å². The normalized spacial score (nSPS) is 14.8. The molecule has 0 radical (unpaired) electrons. The number of oxazole rings is 1. The molecular formula is C22H23FN4O2. The van der Waals surface area contributed by atoms with Gasteiger partial charge in [0.15, 0.2) is 5.69 Å². The molecule has 1 saturated heterocycles. The second-order valence-electron chi connectivity index (χ2n) is 7.19. The Balaban J connectivity index is 1.29. The number of hydrogen-bond donors (Lipinski definition) is 1. The van der Waals surface area contributed by atoms with Crippen molar-refractivity contribution < 1.29 is 13.6 Å². The minimum atomic E-state index is -0.379. The number of nitrogens with zero attached hydrogens (tertiary/aromatic N) is 3. The van der Waals surface area contributed by atoms with Crippen molar-refractivity contribution in [1.29, 1.82) is 0 Å². The minimum Gasteiger partial charge on any atom is -0.447 e. The molecule has 29 heavy (non-hydrogen) atoms. The van der Waals surface area contributed by atoms with Crippen LogP contribution in [0.2, 0.25) is 0 Å². The Morgan fingerprint density at radius 2 is 1.76 bits per heavy atom. The molecule has 1 amide bonds. The first-order chi connectivity index (χ1) is 14.1. The van der Waals surface area contributed by atoms with Gasteiger partial charge in [0.2, 0.25) is 5.89 Å². The highest BCUT2D eigenvalue weighted by atomic mass is 19.1. The maximum Gasteiger partial charge on any atom is 0.277 e. The lowest BCUT2D eigenvalue weighted by Gasteiger charge is -2.35. The topological polar surface area (TPSA) is 61.6 Å². The number of carbonyl (C=O) groups is 1. The van der Waals surface area contributed by atoms with Crippen molar-refractivity contribution in [3.8, 4) is 0 Å². The van der Waals surface area contributed by atoms with Crippen LogP contribution in [-0.2, 0) is 6.54 Å². The molecule has 1 aliphatic rings. The lowest BCUT2D eigenvalue weighted by atomic mass is 10.2. The highest BCUT2D eigenvalue weighted by molar-refractivity contribution is 6.02. The zero-order valence-corrected chi connectivity index (χ0v) is 16.3. The van der Waals surface area contributed by atoms with E-state index in [1.807, 2.05) is 0 Å². The molecule has 0 unspecified atom stereocenters. The largest absolute Gasteiger partial charge is 0.447 e. The standard InChI is InChI=1S/C22H23FN4O2/c1-16-2-8-19(9-3-16)27-12-10-26(11-13-27)14-21-25-20(15-29-21)22(28)24-18-6-4-17(23)5-7-18/h2-9,15H,10-14H2,1H3,(H,24,28). The number of aromatic nitrogens is 1. The van der Waals surface area contributed by atoms with Gasteiger partial charge in [-0.1, -0.05) is 17.7 Å². The first kappa shape index (κ1) is 19.1. The zero-order valence-electron chi connectivity index (χ0n) is 16.3. The quantitative estimate of drug-likeness (QED) is 0.715. The van der Waals surface area contributed by atoms with E-state index in [1.165, 1.54) is 41.8 Å². The Morgan fingerprint density at radius 1 is 1.07 bits per heavy atom. The van der Waals surface area contributed by atoms with E-state index < -0.39 is 0 Å². The van der Waals surface area contributed by atoms with Gasteiger partial charge >= 0.3 is 0 Å². The molecule has 0 aliphatic carbocycles. The fourth-order valence-electron chi connectivity index (χ4n) is 3.33. The third-order valence-electron chi connectivity index (χ3n) is 5.02. The Bertz CT molecular complexity index is 961. The van der Waals surface area contributed by atoms with Crippen molar-refractivity contribution in [2.75, 3.05) is 36.4 Å². The molecule has 0 bridgehead atoms. The Labute approximate surface area is 169 Å². The van der Waals surface area contributed by atoms with Gasteiger partial charge in [-0.3, -0.25) is 9.69 Å². The monoisotopic (exact) mass is 394 g/mol. The predicted molar refractivity (Wildman–Crippen MR) is 110 cm³/mol. The van der Waals surface area contributed by atoms with Gasteiger partial charge in [-0.15, -0.1) is 0 Å². The van der Waals surface area contributed by atoms with Crippen LogP contribution in [-0.4, -0.2) is 42.0 Å². The van der Waals surface area contributed by atoms with Crippen LogP contribution < -0.4 is 10.2 Å². The maximum absolute atomic E-state index is 13.0. The number of nitrogens with one attached hydrogen (secondary N) is 1. The molecule has 1 aliphatic heterocycles. The van der Waals surface area contributed by atoms with E-state index in [9.17, 15) is 9.18 Å². The summed E-state index contributed by atoms with van der Waals surface area (Å²) >= 11 is 0. The molecule has 0 atom stereocenters. The predicted octanol–water partition coefficient (Wildman–Crippen LogP) is 3.70. The van der Waals surface area contributed by atoms with Crippen molar-refractivity contribution in [2.24, 2.45) is 0 Å². The number of hydrogen-bond acceptors (Lipinski definition) is 5. The molecule has 6 nitrogen and oxygen atoms in total. The van der Waals surface area contributed by atoms with Crippen molar-refractivity contribution in [1.82, 2.24) is 9.88 Å². The molecule has 1 aromatic heterocycles. The smallest absolute Gasteiger partial charge is 0.277 e. The van der Waals surface area contributed by atoms with Crippen LogP contribution >= 0.6 is 0 Å². The molecular weight excluding hydrogens is 371 g/mol. The minimum absolute atomic E-state index is 0.211. The first-order valence-corrected chi connectivity index (χ1v) is 9.62. The fourth-order valence-corrected chi connectivity index (χ4v) is 3.33. The second-order valence-corrected chi connectivity index (χ2v) is 7.19. The van der Waals surface area contributed by atoms with Crippen LogP contribution in [0.15, 0.2) is 59.2 Å².